The molecule has 0 fully saturated rings. The molecule has 118 valence electrons. The van der Waals surface area contributed by atoms with E-state index in [1.807, 2.05) is 0 Å². The van der Waals surface area contributed by atoms with Crippen LogP contribution in [0.2, 0.25) is 10.0 Å². The third kappa shape index (κ3) is 4.28. The molecule has 6 nitrogen and oxygen atoms in total. The molecule has 2 aromatic rings. The number of halogens is 2. The van der Waals surface area contributed by atoms with Crippen molar-refractivity contribution in [1.29, 1.82) is 0 Å². The van der Waals surface area contributed by atoms with Crippen LogP contribution in [-0.2, 0) is 0 Å². The lowest BCUT2D eigenvalue weighted by atomic mass is 10.1. The highest BCUT2D eigenvalue weighted by Gasteiger charge is 2.09. The second-order valence-electron chi connectivity index (χ2n) is 4.57. The molecule has 0 spiro atoms. The lowest BCUT2D eigenvalue weighted by molar-refractivity contribution is -0.384. The maximum absolute atomic E-state index is 11.9. The molecular formula is C15H11Cl2N3O3. The predicted octanol–water partition coefficient (Wildman–Crippen LogP) is 4.06. The number of hydrogen-bond donors (Lipinski definition) is 1. The summed E-state index contributed by atoms with van der Waals surface area (Å²) in [6.45, 7) is 1.70. The molecule has 0 aliphatic rings. The number of benzene rings is 2. The van der Waals surface area contributed by atoms with Gasteiger partial charge >= 0.3 is 0 Å². The molecule has 0 atom stereocenters. The maximum Gasteiger partial charge on any atom is 0.271 e. The Morgan fingerprint density at radius 2 is 1.70 bits per heavy atom. The highest BCUT2D eigenvalue weighted by atomic mass is 35.5. The van der Waals surface area contributed by atoms with Gasteiger partial charge in [-0.1, -0.05) is 29.3 Å². The van der Waals surface area contributed by atoms with Crippen LogP contribution in [0.3, 0.4) is 0 Å². The van der Waals surface area contributed by atoms with Crippen molar-refractivity contribution in [1.82, 2.24) is 5.43 Å². The van der Waals surface area contributed by atoms with Crippen molar-refractivity contribution in [2.75, 3.05) is 0 Å². The molecule has 8 heteroatoms. The number of hydrazone groups is 1. The Balaban J connectivity index is 2.10. The van der Waals surface area contributed by atoms with Crippen LogP contribution in [0, 0.1) is 10.1 Å². The molecule has 23 heavy (non-hydrogen) atoms. The molecule has 0 aliphatic heterocycles. The van der Waals surface area contributed by atoms with Crippen LogP contribution in [0.15, 0.2) is 47.6 Å². The minimum absolute atomic E-state index is 0.0861. The van der Waals surface area contributed by atoms with Crippen molar-refractivity contribution >= 4 is 40.5 Å². The largest absolute Gasteiger partial charge is 0.271 e. The van der Waals surface area contributed by atoms with Gasteiger partial charge in [-0.15, -0.1) is 0 Å². The highest BCUT2D eigenvalue weighted by Crippen LogP contribution is 2.22. The van der Waals surface area contributed by atoms with Gasteiger partial charge in [0.15, 0.2) is 0 Å². The van der Waals surface area contributed by atoms with E-state index in [1.54, 1.807) is 25.1 Å². The van der Waals surface area contributed by atoms with E-state index >= 15 is 0 Å². The standard InChI is InChI=1S/C15H11Cl2N3O3/c1-9(11-4-7-13(16)14(17)8-11)18-19-15(21)10-2-5-12(6-3-10)20(22)23/h2-8H,1H3,(H,19,21). The molecule has 1 N–H and O–H groups in total. The van der Waals surface area contributed by atoms with Gasteiger partial charge in [0.1, 0.15) is 0 Å². The van der Waals surface area contributed by atoms with E-state index in [2.05, 4.69) is 10.5 Å². The average molecular weight is 352 g/mol. The van der Waals surface area contributed by atoms with E-state index in [1.165, 1.54) is 24.3 Å². The summed E-state index contributed by atoms with van der Waals surface area (Å²) >= 11 is 11.8. The van der Waals surface area contributed by atoms with Gasteiger partial charge in [-0.25, -0.2) is 5.43 Å². The second kappa shape index (κ2) is 7.21. The molecule has 2 aromatic carbocycles. The van der Waals surface area contributed by atoms with E-state index < -0.39 is 10.8 Å². The zero-order valence-electron chi connectivity index (χ0n) is 11.9. The number of carbonyl (C=O) groups excluding carboxylic acids is 1. The summed E-state index contributed by atoms with van der Waals surface area (Å²) in [5.41, 5.74) is 3.81. The first-order valence-corrected chi connectivity index (χ1v) is 7.18. The van der Waals surface area contributed by atoms with Crippen LogP contribution in [-0.4, -0.2) is 16.5 Å². The number of hydrogen-bond acceptors (Lipinski definition) is 4. The van der Waals surface area contributed by atoms with E-state index in [-0.39, 0.29) is 11.3 Å². The Bertz CT molecular complexity index is 789. The molecule has 0 saturated carbocycles. The minimum atomic E-state index is -0.533. The Hall–Kier alpha value is -2.44. The third-order valence-corrected chi connectivity index (χ3v) is 3.74. The van der Waals surface area contributed by atoms with Gasteiger partial charge in [-0.2, -0.15) is 5.10 Å². The molecule has 0 aliphatic carbocycles. The molecule has 0 heterocycles. The first kappa shape index (κ1) is 16.9. The van der Waals surface area contributed by atoms with Crippen molar-refractivity contribution in [2.24, 2.45) is 5.10 Å². The lowest BCUT2D eigenvalue weighted by Crippen LogP contribution is -2.19. The summed E-state index contributed by atoms with van der Waals surface area (Å²) < 4.78 is 0. The van der Waals surface area contributed by atoms with Gasteiger partial charge in [0.2, 0.25) is 0 Å². The van der Waals surface area contributed by atoms with Crippen LogP contribution < -0.4 is 5.43 Å². The molecule has 0 aromatic heterocycles. The molecule has 1 amide bonds. The monoisotopic (exact) mass is 351 g/mol. The molecular weight excluding hydrogens is 341 g/mol. The Kier molecular flexibility index (Phi) is 5.31. The fourth-order valence-corrected chi connectivity index (χ4v) is 2.02. The number of rotatable bonds is 4. The Morgan fingerprint density at radius 3 is 2.26 bits per heavy atom. The van der Waals surface area contributed by atoms with E-state index in [0.29, 0.717) is 21.3 Å². The quantitative estimate of drug-likeness (QED) is 0.512. The number of carbonyl (C=O) groups is 1. The van der Waals surface area contributed by atoms with Gasteiger partial charge in [0, 0.05) is 17.7 Å². The van der Waals surface area contributed by atoms with Gasteiger partial charge < -0.3 is 0 Å². The van der Waals surface area contributed by atoms with Crippen molar-refractivity contribution in [3.05, 3.63) is 73.8 Å². The number of nitro groups is 1. The number of nitro benzene ring substituents is 1. The maximum atomic E-state index is 11.9. The summed E-state index contributed by atoms with van der Waals surface area (Å²) in [4.78, 5) is 22.0. The predicted molar refractivity (Wildman–Crippen MR) is 89.2 cm³/mol. The Labute approximate surface area is 141 Å². The summed E-state index contributed by atoms with van der Waals surface area (Å²) in [6, 6.07) is 10.2. The smallest absolute Gasteiger partial charge is 0.267 e. The van der Waals surface area contributed by atoms with Crippen LogP contribution >= 0.6 is 23.2 Å². The lowest BCUT2D eigenvalue weighted by Gasteiger charge is -2.04. The molecule has 0 bridgehead atoms. The summed E-state index contributed by atoms with van der Waals surface area (Å²) in [5.74, 6) is -0.473. The molecule has 0 unspecified atom stereocenters. The second-order valence-corrected chi connectivity index (χ2v) is 5.39. The Morgan fingerprint density at radius 1 is 1.09 bits per heavy atom. The van der Waals surface area contributed by atoms with Gasteiger partial charge in [0.25, 0.3) is 11.6 Å². The van der Waals surface area contributed by atoms with E-state index in [0.717, 1.165) is 0 Å². The van der Waals surface area contributed by atoms with Crippen molar-refractivity contribution < 1.29 is 9.72 Å². The summed E-state index contributed by atoms with van der Waals surface area (Å²) in [7, 11) is 0. The normalized spacial score (nSPS) is 11.2. The van der Waals surface area contributed by atoms with Gasteiger partial charge in [-0.05, 0) is 36.8 Å². The van der Waals surface area contributed by atoms with Crippen molar-refractivity contribution in [3.63, 3.8) is 0 Å². The topological polar surface area (TPSA) is 84.6 Å². The first-order chi connectivity index (χ1) is 10.9. The molecule has 0 saturated heterocycles. The fraction of sp³-hybridized carbons (Fsp3) is 0.0667. The van der Waals surface area contributed by atoms with Crippen molar-refractivity contribution in [2.45, 2.75) is 6.92 Å². The van der Waals surface area contributed by atoms with Gasteiger partial charge in [-0.3, -0.25) is 14.9 Å². The summed E-state index contributed by atoms with van der Waals surface area (Å²) in [6.07, 6.45) is 0. The van der Waals surface area contributed by atoms with Crippen molar-refractivity contribution in [3.8, 4) is 0 Å². The van der Waals surface area contributed by atoms with Crippen LogP contribution in [0.4, 0.5) is 5.69 Å². The molecule has 2 rings (SSSR count). The van der Waals surface area contributed by atoms with E-state index in [9.17, 15) is 14.9 Å². The zero-order chi connectivity index (χ0) is 17.0. The zero-order valence-corrected chi connectivity index (χ0v) is 13.4. The van der Waals surface area contributed by atoms with Gasteiger partial charge in [0.05, 0.1) is 20.7 Å². The number of amides is 1. The fourth-order valence-electron chi connectivity index (χ4n) is 1.72. The number of non-ortho nitro benzene ring substituents is 1. The highest BCUT2D eigenvalue weighted by molar-refractivity contribution is 6.42. The van der Waals surface area contributed by atoms with Crippen LogP contribution in [0.25, 0.3) is 0 Å². The average Bonchev–Trinajstić information content (AvgIpc) is 2.54. The molecule has 0 radical (unpaired) electrons. The first-order valence-electron chi connectivity index (χ1n) is 6.43. The number of nitrogens with zero attached hydrogens (tertiary/aromatic N) is 2. The minimum Gasteiger partial charge on any atom is -0.267 e. The van der Waals surface area contributed by atoms with E-state index in [4.69, 9.17) is 23.2 Å². The van der Waals surface area contributed by atoms with Crippen LogP contribution in [0.1, 0.15) is 22.8 Å². The van der Waals surface area contributed by atoms with Crippen LogP contribution in [0.5, 0.6) is 0 Å². The summed E-state index contributed by atoms with van der Waals surface area (Å²) in [5, 5.41) is 15.4. The third-order valence-electron chi connectivity index (χ3n) is 3.00. The SMILES string of the molecule is CC(=NNC(=O)c1ccc([N+](=O)[O-])cc1)c1ccc(Cl)c(Cl)c1. The number of nitrogens with one attached hydrogen (secondary N) is 1.